The summed E-state index contributed by atoms with van der Waals surface area (Å²) in [6.45, 7) is 1.74. The molecule has 0 aliphatic heterocycles. The zero-order valence-corrected chi connectivity index (χ0v) is 13.1. The van der Waals surface area contributed by atoms with Crippen molar-refractivity contribution in [1.82, 2.24) is 5.32 Å². The van der Waals surface area contributed by atoms with Gasteiger partial charge in [0.25, 0.3) is 0 Å². The fourth-order valence-corrected chi connectivity index (χ4v) is 4.34. The van der Waals surface area contributed by atoms with E-state index < -0.39 is 0 Å². The van der Waals surface area contributed by atoms with Crippen molar-refractivity contribution in [1.29, 1.82) is 0 Å². The predicted octanol–water partition coefficient (Wildman–Crippen LogP) is 3.98. The fourth-order valence-electron chi connectivity index (χ4n) is 3.82. The lowest BCUT2D eigenvalue weighted by molar-refractivity contribution is 0.193. The van der Waals surface area contributed by atoms with Crippen LogP contribution in [0, 0.1) is 17.8 Å². The van der Waals surface area contributed by atoms with Gasteiger partial charge in [-0.2, -0.15) is 0 Å². The summed E-state index contributed by atoms with van der Waals surface area (Å²) in [7, 11) is 1.97. The van der Waals surface area contributed by atoms with Crippen LogP contribution in [0.2, 0.25) is 0 Å². The number of para-hydroxylation sites is 1. The quantitative estimate of drug-likeness (QED) is 0.884. The summed E-state index contributed by atoms with van der Waals surface area (Å²) < 4.78 is 7.24. The van der Waals surface area contributed by atoms with Crippen LogP contribution in [0.15, 0.2) is 22.7 Å². The average Bonchev–Trinajstić information content (AvgIpc) is 3.00. The molecule has 2 aliphatic carbocycles. The number of halogens is 1. The Hall–Kier alpha value is -0.540. The maximum Gasteiger partial charge on any atom is 0.137 e. The molecule has 2 fully saturated rings. The minimum absolute atomic E-state index is 0.785. The lowest BCUT2D eigenvalue weighted by atomic mass is 9.89. The molecule has 2 bridgehead atoms. The second kappa shape index (κ2) is 5.84. The smallest absolute Gasteiger partial charge is 0.137 e. The summed E-state index contributed by atoms with van der Waals surface area (Å²) in [5.74, 6) is 3.74. The Morgan fingerprint density at radius 2 is 2.21 bits per heavy atom. The number of fused-ring (bicyclic) bond motifs is 2. The molecule has 0 heterocycles. The molecule has 3 heteroatoms. The highest BCUT2D eigenvalue weighted by molar-refractivity contribution is 9.10. The molecule has 0 aromatic heterocycles. The number of rotatable bonds is 5. The van der Waals surface area contributed by atoms with Crippen molar-refractivity contribution in [2.45, 2.75) is 32.2 Å². The average molecular weight is 324 g/mol. The van der Waals surface area contributed by atoms with Gasteiger partial charge in [-0.3, -0.25) is 0 Å². The van der Waals surface area contributed by atoms with Gasteiger partial charge in [0, 0.05) is 12.1 Å². The molecule has 104 valence electrons. The Morgan fingerprint density at radius 1 is 1.32 bits per heavy atom. The first-order valence-corrected chi connectivity index (χ1v) is 8.12. The van der Waals surface area contributed by atoms with E-state index in [0.717, 1.165) is 41.1 Å². The van der Waals surface area contributed by atoms with Crippen LogP contribution in [-0.2, 0) is 6.54 Å². The van der Waals surface area contributed by atoms with Crippen molar-refractivity contribution in [2.24, 2.45) is 17.8 Å². The van der Waals surface area contributed by atoms with Gasteiger partial charge in [-0.15, -0.1) is 0 Å². The van der Waals surface area contributed by atoms with Gasteiger partial charge in [-0.1, -0.05) is 18.6 Å². The minimum atomic E-state index is 0.785. The summed E-state index contributed by atoms with van der Waals surface area (Å²) >= 11 is 3.61. The van der Waals surface area contributed by atoms with Crippen LogP contribution in [0.3, 0.4) is 0 Å². The van der Waals surface area contributed by atoms with E-state index in [1.165, 1.54) is 31.2 Å². The maximum atomic E-state index is 6.17. The topological polar surface area (TPSA) is 21.3 Å². The lowest BCUT2D eigenvalue weighted by Gasteiger charge is -2.23. The molecule has 1 aromatic carbocycles. The molecule has 0 amide bonds. The van der Waals surface area contributed by atoms with E-state index in [-0.39, 0.29) is 0 Å². The predicted molar refractivity (Wildman–Crippen MR) is 81.3 cm³/mol. The van der Waals surface area contributed by atoms with Gasteiger partial charge in [0.1, 0.15) is 5.75 Å². The van der Waals surface area contributed by atoms with Gasteiger partial charge >= 0.3 is 0 Å². The molecule has 3 atom stereocenters. The highest BCUT2D eigenvalue weighted by Crippen LogP contribution is 2.48. The van der Waals surface area contributed by atoms with Gasteiger partial charge in [0.2, 0.25) is 0 Å². The number of nitrogens with one attached hydrogen (secondary N) is 1. The van der Waals surface area contributed by atoms with Crippen LogP contribution in [0.1, 0.15) is 31.2 Å². The first-order valence-electron chi connectivity index (χ1n) is 7.32. The summed E-state index contributed by atoms with van der Waals surface area (Å²) in [5, 5.41) is 3.21. The standard InChI is InChI=1S/C16H22BrNO/c1-18-9-13-3-2-4-15(17)16(13)19-10-14-8-11-5-6-12(14)7-11/h2-4,11-12,14,18H,5-10H2,1H3. The summed E-state index contributed by atoms with van der Waals surface area (Å²) in [5.41, 5.74) is 1.24. The van der Waals surface area contributed by atoms with Gasteiger partial charge in [-0.25, -0.2) is 0 Å². The minimum Gasteiger partial charge on any atom is -0.492 e. The zero-order chi connectivity index (χ0) is 13.2. The molecule has 3 unspecified atom stereocenters. The van der Waals surface area contributed by atoms with E-state index >= 15 is 0 Å². The molecule has 2 aliphatic rings. The number of hydrogen-bond acceptors (Lipinski definition) is 2. The van der Waals surface area contributed by atoms with Crippen LogP contribution in [0.25, 0.3) is 0 Å². The van der Waals surface area contributed by atoms with Crippen molar-refractivity contribution >= 4 is 15.9 Å². The van der Waals surface area contributed by atoms with E-state index in [0.29, 0.717) is 0 Å². The summed E-state index contributed by atoms with van der Waals surface area (Å²) in [4.78, 5) is 0. The molecule has 2 nitrogen and oxygen atoms in total. The first-order chi connectivity index (χ1) is 9.28. The second-order valence-corrected chi connectivity index (χ2v) is 6.86. The number of ether oxygens (including phenoxy) is 1. The molecular weight excluding hydrogens is 302 g/mol. The first kappa shape index (κ1) is 13.4. The molecule has 1 aromatic rings. The maximum absolute atomic E-state index is 6.17. The van der Waals surface area contributed by atoms with Crippen LogP contribution < -0.4 is 10.1 Å². The monoisotopic (exact) mass is 323 g/mol. The van der Waals surface area contributed by atoms with Gasteiger partial charge in [-0.05, 0) is 66.1 Å². The SMILES string of the molecule is CNCc1cccc(Br)c1OCC1CC2CCC1C2. The van der Waals surface area contributed by atoms with Crippen molar-refractivity contribution in [2.75, 3.05) is 13.7 Å². The number of benzene rings is 1. The Bertz CT molecular complexity index is 448. The lowest BCUT2D eigenvalue weighted by Crippen LogP contribution is -2.19. The Labute approximate surface area is 124 Å². The zero-order valence-electron chi connectivity index (χ0n) is 11.5. The summed E-state index contributed by atoms with van der Waals surface area (Å²) in [6, 6.07) is 6.27. The Kier molecular flexibility index (Phi) is 4.13. The third kappa shape index (κ3) is 2.82. The van der Waals surface area contributed by atoms with Crippen LogP contribution in [-0.4, -0.2) is 13.7 Å². The third-order valence-electron chi connectivity index (χ3n) is 4.74. The largest absolute Gasteiger partial charge is 0.492 e. The molecule has 0 spiro atoms. The van der Waals surface area contributed by atoms with E-state index in [4.69, 9.17) is 4.74 Å². The Balaban J connectivity index is 1.66. The van der Waals surface area contributed by atoms with Crippen LogP contribution >= 0.6 is 15.9 Å². The normalized spacial score (nSPS) is 28.8. The van der Waals surface area contributed by atoms with Crippen molar-refractivity contribution in [3.63, 3.8) is 0 Å². The molecule has 1 N–H and O–H groups in total. The van der Waals surface area contributed by atoms with E-state index in [2.05, 4.69) is 39.4 Å². The highest BCUT2D eigenvalue weighted by atomic mass is 79.9. The Morgan fingerprint density at radius 3 is 2.89 bits per heavy atom. The molecule has 2 saturated carbocycles. The van der Waals surface area contributed by atoms with Crippen LogP contribution in [0.4, 0.5) is 0 Å². The fraction of sp³-hybridized carbons (Fsp3) is 0.625. The third-order valence-corrected chi connectivity index (χ3v) is 5.37. The van der Waals surface area contributed by atoms with Gasteiger partial charge < -0.3 is 10.1 Å². The molecular formula is C16H22BrNO. The van der Waals surface area contributed by atoms with E-state index in [9.17, 15) is 0 Å². The molecule has 0 saturated heterocycles. The van der Waals surface area contributed by atoms with Crippen molar-refractivity contribution in [3.8, 4) is 5.75 Å². The second-order valence-electron chi connectivity index (χ2n) is 6.00. The van der Waals surface area contributed by atoms with Crippen LogP contribution in [0.5, 0.6) is 5.75 Å². The van der Waals surface area contributed by atoms with Gasteiger partial charge in [0.05, 0.1) is 11.1 Å². The highest BCUT2D eigenvalue weighted by Gasteiger charge is 2.39. The van der Waals surface area contributed by atoms with Crippen molar-refractivity contribution in [3.05, 3.63) is 28.2 Å². The van der Waals surface area contributed by atoms with E-state index in [1.54, 1.807) is 0 Å². The summed E-state index contributed by atoms with van der Waals surface area (Å²) in [6.07, 6.45) is 5.73. The van der Waals surface area contributed by atoms with Crippen molar-refractivity contribution < 1.29 is 4.74 Å². The molecule has 19 heavy (non-hydrogen) atoms. The van der Waals surface area contributed by atoms with Gasteiger partial charge in [0.15, 0.2) is 0 Å². The molecule has 3 rings (SSSR count). The molecule has 0 radical (unpaired) electrons. The van der Waals surface area contributed by atoms with E-state index in [1.807, 2.05) is 7.05 Å². The number of hydrogen-bond donors (Lipinski definition) is 1.